The summed E-state index contributed by atoms with van der Waals surface area (Å²) < 4.78 is 16.0. The zero-order valence-corrected chi connectivity index (χ0v) is 51.3. The molecule has 0 fully saturated rings. The average Bonchev–Trinajstić information content (AvgIpc) is 1.67. The van der Waals surface area contributed by atoms with Crippen LogP contribution in [0.5, 0.6) is 11.5 Å². The fourth-order valence-electron chi connectivity index (χ4n) is 13.6. The quantitative estimate of drug-likeness (QED) is 0.112. The molecule has 0 radical (unpaired) electrons. The van der Waals surface area contributed by atoms with E-state index in [1.807, 2.05) is 24.4 Å². The first-order valence-corrected chi connectivity index (χ1v) is 30.0. The summed E-state index contributed by atoms with van der Waals surface area (Å²) in [6.07, 6.45) is 5.98. The third-order valence-electron chi connectivity index (χ3n) is 17.6. The molecule has 0 amide bonds. The zero-order valence-electron chi connectivity index (χ0n) is 49.0. The number of imidazole rings is 1. The van der Waals surface area contributed by atoms with Crippen LogP contribution in [0.3, 0.4) is 0 Å². The van der Waals surface area contributed by atoms with E-state index in [1.165, 1.54) is 16.3 Å². The molecule has 0 spiro atoms. The molecule has 0 bridgehead atoms. The van der Waals surface area contributed by atoms with Gasteiger partial charge in [0.25, 0.3) is 6.33 Å². The van der Waals surface area contributed by atoms with E-state index in [-0.39, 0.29) is 26.5 Å². The van der Waals surface area contributed by atoms with E-state index in [4.69, 9.17) is 9.72 Å². The predicted octanol–water partition coefficient (Wildman–Crippen LogP) is 20.3. The van der Waals surface area contributed by atoms with E-state index >= 15 is 0 Å². The van der Waals surface area contributed by atoms with E-state index < -0.39 is 0 Å². The maximum absolute atomic E-state index is 6.89. The van der Waals surface area contributed by atoms with E-state index in [1.54, 1.807) is 0 Å². The minimum absolute atomic E-state index is 0. The second kappa shape index (κ2) is 21.3. The number of aromatic nitrogens is 5. The van der Waals surface area contributed by atoms with Crippen molar-refractivity contribution in [1.29, 1.82) is 0 Å². The third kappa shape index (κ3) is 8.88. The number of pyridine rings is 1. The maximum atomic E-state index is 6.89. The summed E-state index contributed by atoms with van der Waals surface area (Å²) in [6, 6.07) is 106. The zero-order chi connectivity index (χ0) is 58.6. The fourth-order valence-corrected chi connectivity index (χ4v) is 13.6. The van der Waals surface area contributed by atoms with Gasteiger partial charge in [0.1, 0.15) is 5.82 Å². The van der Waals surface area contributed by atoms with E-state index in [2.05, 4.69) is 312 Å². The molecular weight excluding hydrogens is 1270 g/mol. The van der Waals surface area contributed by atoms with Gasteiger partial charge in [0.05, 0.1) is 27.8 Å². The van der Waals surface area contributed by atoms with Crippen LogP contribution >= 0.6 is 0 Å². The molecule has 6 nitrogen and oxygen atoms in total. The largest absolute Gasteiger partial charge is 0.510 e. The summed E-state index contributed by atoms with van der Waals surface area (Å²) in [6.45, 7) is 6.70. The van der Waals surface area contributed by atoms with Crippen molar-refractivity contribution in [3.63, 3.8) is 0 Å². The molecule has 4 aromatic heterocycles. The van der Waals surface area contributed by atoms with Crippen molar-refractivity contribution in [1.82, 2.24) is 18.7 Å². The minimum Gasteiger partial charge on any atom is -0.510 e. The molecule has 16 aromatic rings. The Balaban J connectivity index is 0.00000636. The summed E-state index contributed by atoms with van der Waals surface area (Å²) in [5.41, 5.74) is 23.6. The fraction of sp³-hybridized carbons (Fsp3) is 0.0488. The molecule has 0 atom stereocenters. The van der Waals surface area contributed by atoms with Crippen LogP contribution in [0, 0.1) is 18.5 Å². The van der Waals surface area contributed by atoms with Crippen LogP contribution in [0.15, 0.2) is 279 Å². The number of nitrogens with zero attached hydrogens (tertiary/aromatic N) is 5. The summed E-state index contributed by atoms with van der Waals surface area (Å²) >= 11 is 0. The average molecular weight is 1320 g/mol. The van der Waals surface area contributed by atoms with Crippen LogP contribution in [0.4, 0.5) is 0 Å². The minimum atomic E-state index is -0.0605. The van der Waals surface area contributed by atoms with Gasteiger partial charge in [0.2, 0.25) is 0 Å². The van der Waals surface area contributed by atoms with Gasteiger partial charge in [-0.15, -0.1) is 29.7 Å². The molecule has 0 unspecified atom stereocenters. The Morgan fingerprint density at radius 2 is 1.00 bits per heavy atom. The second-order valence-corrected chi connectivity index (χ2v) is 23.9. The molecule has 1 aliphatic heterocycles. The Labute approximate surface area is 530 Å². The van der Waals surface area contributed by atoms with Crippen molar-refractivity contribution < 1.29 is 30.4 Å². The van der Waals surface area contributed by atoms with E-state index in [9.17, 15) is 0 Å². The van der Waals surface area contributed by atoms with Gasteiger partial charge in [0, 0.05) is 60.7 Å². The molecule has 89 heavy (non-hydrogen) atoms. The van der Waals surface area contributed by atoms with Gasteiger partial charge in [-0.3, -0.25) is 4.57 Å². The first-order valence-electron chi connectivity index (χ1n) is 30.0. The van der Waals surface area contributed by atoms with Crippen molar-refractivity contribution in [3.8, 4) is 101 Å². The van der Waals surface area contributed by atoms with Gasteiger partial charge in [-0.25, -0.2) is 4.98 Å². The normalized spacial score (nSPS) is 11.9. The molecule has 0 N–H and O–H groups in total. The van der Waals surface area contributed by atoms with Gasteiger partial charge in [0.15, 0.2) is 0 Å². The predicted molar refractivity (Wildman–Crippen MR) is 359 cm³/mol. The Morgan fingerprint density at radius 1 is 0.416 bits per heavy atom. The van der Waals surface area contributed by atoms with Crippen molar-refractivity contribution in [2.24, 2.45) is 0 Å². The smallest absolute Gasteiger partial charge is 0.268 e. The number of ether oxygens (including phenoxy) is 1. The van der Waals surface area contributed by atoms with Crippen LogP contribution in [0.1, 0.15) is 26.3 Å². The summed E-state index contributed by atoms with van der Waals surface area (Å²) in [5, 5.41) is 4.55. The van der Waals surface area contributed by atoms with E-state index in [0.717, 1.165) is 134 Å². The van der Waals surface area contributed by atoms with Crippen LogP contribution in [-0.4, -0.2) is 18.7 Å². The van der Waals surface area contributed by atoms with Crippen molar-refractivity contribution in [2.45, 2.75) is 26.2 Å². The molecule has 426 valence electrons. The van der Waals surface area contributed by atoms with Crippen molar-refractivity contribution >= 4 is 54.6 Å². The molecule has 17 rings (SSSR count). The Bertz CT molecular complexity index is 5400. The molecular formula is C82H55N5OPt-2. The summed E-state index contributed by atoms with van der Waals surface area (Å²) in [5.74, 6) is 1.95. The van der Waals surface area contributed by atoms with Gasteiger partial charge in [-0.05, 0) is 149 Å². The number of para-hydroxylation sites is 5. The molecule has 0 saturated carbocycles. The molecule has 7 heteroatoms. The number of fused-ring (bicyclic) bond motifs is 14. The summed E-state index contributed by atoms with van der Waals surface area (Å²) in [7, 11) is 0. The van der Waals surface area contributed by atoms with Crippen LogP contribution in [-0.2, 0) is 26.5 Å². The first-order chi connectivity index (χ1) is 43.3. The summed E-state index contributed by atoms with van der Waals surface area (Å²) in [4.78, 5) is 4.93. The van der Waals surface area contributed by atoms with Gasteiger partial charge < -0.3 is 18.4 Å². The number of benzene rings is 12. The van der Waals surface area contributed by atoms with Crippen LogP contribution in [0.25, 0.3) is 144 Å². The van der Waals surface area contributed by atoms with Gasteiger partial charge >= 0.3 is 0 Å². The molecule has 1 aliphatic rings. The van der Waals surface area contributed by atoms with Crippen molar-refractivity contribution in [3.05, 3.63) is 303 Å². The van der Waals surface area contributed by atoms with Crippen LogP contribution in [0.2, 0.25) is 0 Å². The number of hydrogen-bond acceptors (Lipinski definition) is 2. The molecule has 0 saturated heterocycles. The first kappa shape index (κ1) is 53.8. The Hall–Kier alpha value is -10.7. The number of hydrogen-bond donors (Lipinski definition) is 0. The Morgan fingerprint density at radius 3 is 1.74 bits per heavy atom. The van der Waals surface area contributed by atoms with Crippen LogP contribution < -0.4 is 9.30 Å². The maximum Gasteiger partial charge on any atom is 0.268 e. The molecule has 5 heterocycles. The third-order valence-corrected chi connectivity index (χ3v) is 17.6. The molecule has 0 aliphatic carbocycles. The molecule has 12 aromatic carbocycles. The second-order valence-electron chi connectivity index (χ2n) is 23.9. The van der Waals surface area contributed by atoms with E-state index in [0.29, 0.717) is 11.5 Å². The van der Waals surface area contributed by atoms with Crippen molar-refractivity contribution in [2.75, 3.05) is 0 Å². The standard InChI is InChI=1S/C82H55N5O.Pt/c1-82(2,3)58-44-45-83-77(49-58)87-72-37-17-15-32-66(72)67-41-40-62(51-76(67)87)88-61-29-19-28-60(50-61)84-52-85-80-63(57-47-55(53-22-7-4-8-23-53)46-56(48-57)54-24-9-5-10-25-54)34-20-36-71(80)78-68(64-30-13-14-31-65(64)69-35-21-39-75(84)81(69)85)42-43-74-79(78)70-33-16-18-38-73(70)86(74)59-26-11-6-12-27-59;/h4-49H,1-3H3;/q-2;. The topological polar surface area (TPSA) is 40.8 Å². The van der Waals surface area contributed by atoms with Gasteiger partial charge in [-0.1, -0.05) is 208 Å². The SMILES string of the molecule is CC(C)(C)c1ccnc(-n2c3[c-]c(Oc4[c-]c(-n5[c-][n+]6c7c(cccc75)-c5ccccc5-c5ccc7c(c5-c5cccc(-c8cc(-c9ccccc9)cc(-c9ccccc9)c8)c5-6)c5ccccc5n7-c5ccccc5)ccc4)ccc3c3ccccc32)c1.[Pt]. The Kier molecular flexibility index (Phi) is 12.9. The monoisotopic (exact) mass is 1320 g/mol. The van der Waals surface area contributed by atoms with Gasteiger partial charge in [-0.2, -0.15) is 18.2 Å². The number of rotatable bonds is 8.